The summed E-state index contributed by atoms with van der Waals surface area (Å²) < 4.78 is 12.7. The predicted octanol–water partition coefficient (Wildman–Crippen LogP) is 4.81. The van der Waals surface area contributed by atoms with Crippen LogP contribution in [0.3, 0.4) is 0 Å². The molecule has 4 nitrogen and oxygen atoms in total. The van der Waals surface area contributed by atoms with Crippen LogP contribution in [-0.4, -0.2) is 19.6 Å². The summed E-state index contributed by atoms with van der Waals surface area (Å²) >= 11 is 3.46. The standard InChI is InChI=1S/C22H22BrNO3/c1-15-5-3-4-12-27-22(15)19-13-18(26-2)10-11-20(19)24(21(22)25)14-16-6-8-17(23)9-7-16/h3,5-11,13,15H,4,12,14H2,1-2H3. The highest BCUT2D eigenvalue weighted by Crippen LogP contribution is 2.50. The Kier molecular flexibility index (Phi) is 4.82. The van der Waals surface area contributed by atoms with Gasteiger partial charge in [0.1, 0.15) is 5.75 Å². The third-order valence-corrected chi connectivity index (χ3v) is 5.92. The van der Waals surface area contributed by atoms with Gasteiger partial charge in [0, 0.05) is 16.0 Å². The number of carbonyl (C=O) groups excluding carboxylic acids is 1. The van der Waals surface area contributed by atoms with Crippen LogP contribution in [0, 0.1) is 5.92 Å². The van der Waals surface area contributed by atoms with E-state index in [4.69, 9.17) is 9.47 Å². The second kappa shape index (κ2) is 7.13. The van der Waals surface area contributed by atoms with Crippen LogP contribution in [0.2, 0.25) is 0 Å². The molecular formula is C22H22BrNO3. The normalized spacial score (nSPS) is 24.2. The highest BCUT2D eigenvalue weighted by atomic mass is 79.9. The zero-order valence-corrected chi connectivity index (χ0v) is 17.0. The van der Waals surface area contributed by atoms with Crippen molar-refractivity contribution >= 4 is 27.5 Å². The molecule has 1 spiro atoms. The van der Waals surface area contributed by atoms with Crippen LogP contribution in [-0.2, 0) is 21.7 Å². The number of rotatable bonds is 3. The Morgan fingerprint density at radius 2 is 2.04 bits per heavy atom. The van der Waals surface area contributed by atoms with Crippen molar-refractivity contribution < 1.29 is 14.3 Å². The lowest BCUT2D eigenvalue weighted by molar-refractivity contribution is -0.148. The minimum absolute atomic E-state index is 0.00674. The lowest BCUT2D eigenvalue weighted by Gasteiger charge is -2.32. The van der Waals surface area contributed by atoms with E-state index in [1.54, 1.807) is 7.11 Å². The summed E-state index contributed by atoms with van der Waals surface area (Å²) in [6.07, 6.45) is 5.01. The second-order valence-corrected chi connectivity index (χ2v) is 7.91. The van der Waals surface area contributed by atoms with Crippen molar-refractivity contribution in [3.8, 4) is 5.75 Å². The van der Waals surface area contributed by atoms with Gasteiger partial charge in [-0.1, -0.05) is 47.1 Å². The lowest BCUT2D eigenvalue weighted by atomic mass is 9.83. The molecule has 140 valence electrons. The van der Waals surface area contributed by atoms with Gasteiger partial charge in [-0.15, -0.1) is 0 Å². The predicted molar refractivity (Wildman–Crippen MR) is 109 cm³/mol. The van der Waals surface area contributed by atoms with Gasteiger partial charge < -0.3 is 14.4 Å². The smallest absolute Gasteiger partial charge is 0.264 e. The molecule has 2 aromatic carbocycles. The maximum atomic E-state index is 13.7. The first-order valence-corrected chi connectivity index (χ1v) is 9.91. The molecule has 0 aliphatic carbocycles. The number of fused-ring (bicyclic) bond motifs is 2. The van der Waals surface area contributed by atoms with Crippen molar-refractivity contribution in [2.24, 2.45) is 5.92 Å². The maximum Gasteiger partial charge on any atom is 0.264 e. The molecule has 5 heteroatoms. The Hall–Kier alpha value is -2.11. The summed E-state index contributed by atoms with van der Waals surface area (Å²) in [5.74, 6) is 0.663. The van der Waals surface area contributed by atoms with Gasteiger partial charge in [0.2, 0.25) is 0 Å². The van der Waals surface area contributed by atoms with Crippen molar-refractivity contribution in [1.82, 2.24) is 0 Å². The molecular weight excluding hydrogens is 406 g/mol. The van der Waals surface area contributed by atoms with E-state index in [1.807, 2.05) is 54.3 Å². The zero-order chi connectivity index (χ0) is 19.0. The number of halogens is 1. The van der Waals surface area contributed by atoms with E-state index in [9.17, 15) is 4.79 Å². The van der Waals surface area contributed by atoms with E-state index in [2.05, 4.69) is 28.1 Å². The average Bonchev–Trinajstić information content (AvgIpc) is 2.80. The first-order valence-electron chi connectivity index (χ1n) is 9.12. The number of hydrogen-bond donors (Lipinski definition) is 0. The number of carbonyl (C=O) groups is 1. The van der Waals surface area contributed by atoms with Crippen LogP contribution < -0.4 is 9.64 Å². The van der Waals surface area contributed by atoms with Crippen LogP contribution in [0.5, 0.6) is 5.75 Å². The minimum Gasteiger partial charge on any atom is -0.497 e. The van der Waals surface area contributed by atoms with Gasteiger partial charge in [0.05, 0.1) is 25.9 Å². The van der Waals surface area contributed by atoms with Crippen LogP contribution in [0.15, 0.2) is 59.1 Å². The molecule has 2 atom stereocenters. The van der Waals surface area contributed by atoms with Crippen LogP contribution in [0.4, 0.5) is 5.69 Å². The van der Waals surface area contributed by atoms with Gasteiger partial charge >= 0.3 is 0 Å². The van der Waals surface area contributed by atoms with Gasteiger partial charge in [-0.2, -0.15) is 0 Å². The monoisotopic (exact) mass is 427 g/mol. The molecule has 2 unspecified atom stereocenters. The molecule has 2 aliphatic rings. The Labute approximate surface area is 167 Å². The summed E-state index contributed by atoms with van der Waals surface area (Å²) in [4.78, 5) is 15.5. The summed E-state index contributed by atoms with van der Waals surface area (Å²) in [7, 11) is 1.64. The van der Waals surface area contributed by atoms with E-state index in [0.717, 1.165) is 33.5 Å². The summed E-state index contributed by atoms with van der Waals surface area (Å²) in [5.41, 5.74) is 1.86. The Morgan fingerprint density at radius 3 is 2.78 bits per heavy atom. The van der Waals surface area contributed by atoms with Gasteiger partial charge in [0.15, 0.2) is 5.60 Å². The van der Waals surface area contributed by atoms with E-state index >= 15 is 0 Å². The quantitative estimate of drug-likeness (QED) is 0.659. The van der Waals surface area contributed by atoms with E-state index in [-0.39, 0.29) is 11.8 Å². The number of amides is 1. The first kappa shape index (κ1) is 18.3. The van der Waals surface area contributed by atoms with E-state index in [0.29, 0.717) is 13.2 Å². The van der Waals surface area contributed by atoms with Gasteiger partial charge in [-0.3, -0.25) is 4.79 Å². The Bertz CT molecular complexity index is 893. The third kappa shape index (κ3) is 2.99. The fourth-order valence-corrected chi connectivity index (χ4v) is 4.23. The first-order chi connectivity index (χ1) is 13.1. The van der Waals surface area contributed by atoms with Crippen molar-refractivity contribution in [2.75, 3.05) is 18.6 Å². The number of methoxy groups -OCH3 is 1. The molecule has 0 radical (unpaired) electrons. The molecule has 0 fully saturated rings. The largest absolute Gasteiger partial charge is 0.497 e. The fraction of sp³-hybridized carbons (Fsp3) is 0.318. The molecule has 4 rings (SSSR count). The number of benzene rings is 2. The highest BCUT2D eigenvalue weighted by molar-refractivity contribution is 9.10. The maximum absolute atomic E-state index is 13.7. The molecule has 2 heterocycles. The lowest BCUT2D eigenvalue weighted by Crippen LogP contribution is -2.46. The molecule has 27 heavy (non-hydrogen) atoms. The SMILES string of the molecule is COc1ccc2c(c1)C1(OCCC=CC1C)C(=O)N2Cc1ccc(Br)cc1. The van der Waals surface area contributed by atoms with Gasteiger partial charge in [-0.05, 0) is 42.3 Å². The number of anilines is 1. The molecule has 0 saturated heterocycles. The number of ether oxygens (including phenoxy) is 2. The van der Waals surface area contributed by atoms with Crippen LogP contribution in [0.25, 0.3) is 0 Å². The molecule has 0 bridgehead atoms. The second-order valence-electron chi connectivity index (χ2n) is 6.99. The number of nitrogens with zero attached hydrogens (tertiary/aromatic N) is 1. The highest BCUT2D eigenvalue weighted by Gasteiger charge is 2.55. The van der Waals surface area contributed by atoms with Crippen molar-refractivity contribution in [3.63, 3.8) is 0 Å². The average molecular weight is 428 g/mol. The molecule has 0 saturated carbocycles. The summed E-state index contributed by atoms with van der Waals surface area (Å²) in [5, 5.41) is 0. The Balaban J connectivity index is 1.82. The number of hydrogen-bond acceptors (Lipinski definition) is 3. The Morgan fingerprint density at radius 1 is 1.26 bits per heavy atom. The summed E-state index contributed by atoms with van der Waals surface area (Å²) in [6, 6.07) is 13.9. The van der Waals surface area contributed by atoms with E-state index < -0.39 is 5.60 Å². The summed E-state index contributed by atoms with van der Waals surface area (Å²) in [6.45, 7) is 3.08. The molecule has 0 N–H and O–H groups in total. The van der Waals surface area contributed by atoms with Crippen molar-refractivity contribution in [3.05, 3.63) is 70.2 Å². The third-order valence-electron chi connectivity index (χ3n) is 5.39. The minimum atomic E-state index is -0.994. The molecule has 2 aliphatic heterocycles. The fourth-order valence-electron chi connectivity index (χ4n) is 3.96. The molecule has 2 aromatic rings. The zero-order valence-electron chi connectivity index (χ0n) is 15.4. The van der Waals surface area contributed by atoms with Crippen molar-refractivity contribution in [2.45, 2.75) is 25.5 Å². The topological polar surface area (TPSA) is 38.8 Å². The van der Waals surface area contributed by atoms with Gasteiger partial charge in [-0.25, -0.2) is 0 Å². The van der Waals surface area contributed by atoms with Crippen LogP contribution in [0.1, 0.15) is 24.5 Å². The van der Waals surface area contributed by atoms with E-state index in [1.165, 1.54) is 0 Å². The van der Waals surface area contributed by atoms with Crippen LogP contribution >= 0.6 is 15.9 Å². The van der Waals surface area contributed by atoms with Gasteiger partial charge in [0.25, 0.3) is 5.91 Å². The molecule has 1 amide bonds. The van der Waals surface area contributed by atoms with Crippen molar-refractivity contribution in [1.29, 1.82) is 0 Å². The molecule has 0 aromatic heterocycles.